The van der Waals surface area contributed by atoms with Crippen LogP contribution < -0.4 is 9.80 Å². The summed E-state index contributed by atoms with van der Waals surface area (Å²) in [5, 5.41) is 0. The molecule has 2 aromatic heterocycles. The minimum absolute atomic E-state index is 0.271. The lowest BCUT2D eigenvalue weighted by atomic mass is 10.0. The summed E-state index contributed by atoms with van der Waals surface area (Å²) in [4.78, 5) is 19.3. The first-order valence-corrected chi connectivity index (χ1v) is 8.58. The molecule has 0 spiro atoms. The van der Waals surface area contributed by atoms with Gasteiger partial charge in [0, 0.05) is 59.2 Å². The number of piperidine rings is 1. The summed E-state index contributed by atoms with van der Waals surface area (Å²) in [5.41, 5.74) is 0.929. The number of pyridine rings is 1. The first kappa shape index (κ1) is 17.5. The van der Waals surface area contributed by atoms with E-state index in [0.29, 0.717) is 6.04 Å². The average Bonchev–Trinajstić information content (AvgIpc) is 2.62. The molecular weight excluding hydrogens is 319 g/mol. The third kappa shape index (κ3) is 4.42. The monoisotopic (exact) mass is 344 g/mol. The van der Waals surface area contributed by atoms with Gasteiger partial charge in [0.2, 0.25) is 5.95 Å². The Morgan fingerprint density at radius 1 is 1.20 bits per heavy atom. The van der Waals surface area contributed by atoms with E-state index in [-0.39, 0.29) is 5.82 Å². The molecule has 0 radical (unpaired) electrons. The van der Waals surface area contributed by atoms with Crippen LogP contribution in [0.1, 0.15) is 18.4 Å². The van der Waals surface area contributed by atoms with Gasteiger partial charge in [0.1, 0.15) is 11.6 Å². The van der Waals surface area contributed by atoms with E-state index in [1.807, 2.05) is 25.1 Å². The molecule has 0 atom stereocenters. The van der Waals surface area contributed by atoms with Crippen molar-refractivity contribution >= 4 is 11.8 Å². The van der Waals surface area contributed by atoms with E-state index in [1.54, 1.807) is 18.5 Å². The predicted molar refractivity (Wildman–Crippen MR) is 97.3 cm³/mol. The van der Waals surface area contributed by atoms with Crippen molar-refractivity contribution in [1.29, 1.82) is 0 Å². The average molecular weight is 344 g/mol. The fourth-order valence-corrected chi connectivity index (χ4v) is 3.20. The van der Waals surface area contributed by atoms with Crippen molar-refractivity contribution in [2.75, 3.05) is 44.0 Å². The smallest absolute Gasteiger partial charge is 0.226 e. The van der Waals surface area contributed by atoms with E-state index in [4.69, 9.17) is 0 Å². The van der Waals surface area contributed by atoms with Gasteiger partial charge in [-0.05, 0) is 30.5 Å². The number of hydrogen-bond acceptors (Lipinski definition) is 6. The molecule has 25 heavy (non-hydrogen) atoms. The lowest BCUT2D eigenvalue weighted by molar-refractivity contribution is 0.203. The first-order valence-electron chi connectivity index (χ1n) is 8.58. The van der Waals surface area contributed by atoms with Gasteiger partial charge in [0.15, 0.2) is 0 Å². The number of likely N-dealkylation sites (tertiary alicyclic amines) is 1. The summed E-state index contributed by atoms with van der Waals surface area (Å²) in [6, 6.07) is 3.97. The Balaban J connectivity index is 1.57. The number of halogens is 1. The van der Waals surface area contributed by atoms with Gasteiger partial charge in [-0.15, -0.1) is 0 Å². The van der Waals surface area contributed by atoms with Crippen molar-refractivity contribution in [2.45, 2.75) is 25.4 Å². The number of anilines is 2. The Morgan fingerprint density at radius 2 is 1.96 bits per heavy atom. The molecule has 0 N–H and O–H groups in total. The maximum Gasteiger partial charge on any atom is 0.226 e. The van der Waals surface area contributed by atoms with E-state index < -0.39 is 0 Å². The van der Waals surface area contributed by atoms with Gasteiger partial charge in [0.05, 0.1) is 6.20 Å². The number of nitrogens with zero attached hydrogens (tertiary/aromatic N) is 6. The molecule has 1 aliphatic rings. The van der Waals surface area contributed by atoms with Gasteiger partial charge in [0.25, 0.3) is 0 Å². The van der Waals surface area contributed by atoms with E-state index in [0.717, 1.165) is 49.8 Å². The Morgan fingerprint density at radius 3 is 2.64 bits per heavy atom. The molecule has 0 bridgehead atoms. The molecule has 1 fully saturated rings. The Hall–Kier alpha value is -2.28. The largest absolute Gasteiger partial charge is 0.356 e. The van der Waals surface area contributed by atoms with Crippen LogP contribution in [0.5, 0.6) is 0 Å². The van der Waals surface area contributed by atoms with Crippen LogP contribution in [0.25, 0.3) is 0 Å². The van der Waals surface area contributed by atoms with Crippen molar-refractivity contribution in [3.05, 3.63) is 42.1 Å². The summed E-state index contributed by atoms with van der Waals surface area (Å²) >= 11 is 0. The molecule has 2 aromatic rings. The highest BCUT2D eigenvalue weighted by atomic mass is 19.1. The Kier molecular flexibility index (Phi) is 5.43. The van der Waals surface area contributed by atoms with Crippen molar-refractivity contribution in [3.63, 3.8) is 0 Å². The third-order valence-electron chi connectivity index (χ3n) is 4.66. The van der Waals surface area contributed by atoms with Crippen LogP contribution in [-0.4, -0.2) is 60.1 Å². The number of hydrogen-bond donors (Lipinski definition) is 0. The van der Waals surface area contributed by atoms with Crippen molar-refractivity contribution in [3.8, 4) is 0 Å². The maximum atomic E-state index is 13.3. The normalized spacial score (nSPS) is 16.0. The lowest BCUT2D eigenvalue weighted by Gasteiger charge is -2.37. The molecule has 0 unspecified atom stereocenters. The summed E-state index contributed by atoms with van der Waals surface area (Å²) in [6.07, 6.45) is 6.90. The molecule has 1 saturated heterocycles. The van der Waals surface area contributed by atoms with Gasteiger partial charge in [-0.3, -0.25) is 9.88 Å². The van der Waals surface area contributed by atoms with Crippen LogP contribution in [0.4, 0.5) is 16.2 Å². The third-order valence-corrected chi connectivity index (χ3v) is 4.66. The van der Waals surface area contributed by atoms with Gasteiger partial charge < -0.3 is 9.80 Å². The van der Waals surface area contributed by atoms with Gasteiger partial charge >= 0.3 is 0 Å². The standard InChI is InChI=1S/C18H25FN6/c1-23(2)18-21-7-4-17(22-18)24(3)16-5-8-25(9-6-16)13-14-10-15(19)12-20-11-14/h4,7,10-12,16H,5-6,8-9,13H2,1-3H3. The highest BCUT2D eigenvalue weighted by Gasteiger charge is 2.23. The number of rotatable bonds is 5. The molecule has 7 heteroatoms. The quantitative estimate of drug-likeness (QED) is 0.829. The van der Waals surface area contributed by atoms with Crippen molar-refractivity contribution < 1.29 is 4.39 Å². The molecule has 0 amide bonds. The molecule has 3 heterocycles. The van der Waals surface area contributed by atoms with Crippen LogP contribution >= 0.6 is 0 Å². The second-order valence-corrected chi connectivity index (χ2v) is 6.74. The SMILES string of the molecule is CN(C)c1nccc(N(C)C2CCN(Cc3cncc(F)c3)CC2)n1. The molecule has 0 saturated carbocycles. The summed E-state index contributed by atoms with van der Waals surface area (Å²) in [5.74, 6) is 1.40. The minimum Gasteiger partial charge on any atom is -0.356 e. The van der Waals surface area contributed by atoms with Gasteiger partial charge in [-0.25, -0.2) is 9.37 Å². The summed E-state index contributed by atoms with van der Waals surface area (Å²) < 4.78 is 13.3. The van der Waals surface area contributed by atoms with Crippen LogP contribution in [0.2, 0.25) is 0 Å². The van der Waals surface area contributed by atoms with E-state index >= 15 is 0 Å². The molecule has 1 aliphatic heterocycles. The zero-order valence-corrected chi connectivity index (χ0v) is 15.1. The van der Waals surface area contributed by atoms with Crippen LogP contribution in [0.3, 0.4) is 0 Å². The van der Waals surface area contributed by atoms with Crippen LogP contribution in [-0.2, 0) is 6.54 Å². The fraction of sp³-hybridized carbons (Fsp3) is 0.500. The van der Waals surface area contributed by atoms with E-state index in [9.17, 15) is 4.39 Å². The lowest BCUT2D eigenvalue weighted by Crippen LogP contribution is -2.43. The molecule has 134 valence electrons. The number of aromatic nitrogens is 3. The van der Waals surface area contributed by atoms with Crippen molar-refractivity contribution in [2.24, 2.45) is 0 Å². The summed E-state index contributed by atoms with van der Waals surface area (Å²) in [7, 11) is 5.98. The van der Waals surface area contributed by atoms with Crippen LogP contribution in [0.15, 0.2) is 30.7 Å². The fourth-order valence-electron chi connectivity index (χ4n) is 3.20. The molecule has 0 aliphatic carbocycles. The highest BCUT2D eigenvalue weighted by Crippen LogP contribution is 2.22. The zero-order valence-electron chi connectivity index (χ0n) is 15.1. The molecule has 0 aromatic carbocycles. The van der Waals surface area contributed by atoms with Crippen LogP contribution in [0, 0.1) is 5.82 Å². The molecule has 6 nitrogen and oxygen atoms in total. The maximum absolute atomic E-state index is 13.3. The van der Waals surface area contributed by atoms with E-state index in [2.05, 4.69) is 31.8 Å². The van der Waals surface area contributed by atoms with Gasteiger partial charge in [-0.2, -0.15) is 4.98 Å². The predicted octanol–water partition coefficient (Wildman–Crippen LogP) is 2.18. The van der Waals surface area contributed by atoms with Gasteiger partial charge in [-0.1, -0.05) is 0 Å². The highest BCUT2D eigenvalue weighted by molar-refractivity contribution is 5.43. The second-order valence-electron chi connectivity index (χ2n) is 6.74. The molecule has 3 rings (SSSR count). The minimum atomic E-state index is -0.271. The summed E-state index contributed by atoms with van der Waals surface area (Å²) in [6.45, 7) is 2.72. The first-order chi connectivity index (χ1) is 12.0. The Labute approximate surface area is 148 Å². The van der Waals surface area contributed by atoms with Crippen molar-refractivity contribution in [1.82, 2.24) is 19.9 Å². The zero-order chi connectivity index (χ0) is 17.8. The second kappa shape index (κ2) is 7.74. The topological polar surface area (TPSA) is 48.4 Å². The van der Waals surface area contributed by atoms with E-state index in [1.165, 1.54) is 6.20 Å². The molecular formula is C18H25FN6. The Bertz CT molecular complexity index is 699.